The summed E-state index contributed by atoms with van der Waals surface area (Å²) >= 11 is 0. The van der Waals surface area contributed by atoms with E-state index in [1.807, 2.05) is 42.5 Å². The smallest absolute Gasteiger partial charge is 0.132 e. The second-order valence-electron chi connectivity index (χ2n) is 4.80. The first-order valence-corrected chi connectivity index (χ1v) is 6.54. The van der Waals surface area contributed by atoms with Gasteiger partial charge in [0.2, 0.25) is 0 Å². The van der Waals surface area contributed by atoms with Crippen molar-refractivity contribution in [2.45, 2.75) is 19.0 Å². The van der Waals surface area contributed by atoms with E-state index in [1.54, 1.807) is 0 Å². The number of ether oxygens (including phenoxy) is 1. The standard InChI is InChI=1S/C17H17NO/c1-3-12(2)18-17-13-8-4-6-10-15(13)19-16-11-7-5-9-14(16)17/h3-12,17-18H,1H2,2H3. The number of rotatable bonds is 3. The fourth-order valence-electron chi connectivity index (χ4n) is 2.42. The van der Waals surface area contributed by atoms with Crippen LogP contribution >= 0.6 is 0 Å². The fourth-order valence-corrected chi connectivity index (χ4v) is 2.42. The molecule has 0 amide bonds. The molecule has 0 radical (unpaired) electrons. The highest BCUT2D eigenvalue weighted by atomic mass is 16.5. The minimum Gasteiger partial charge on any atom is -0.457 e. The Balaban J connectivity index is 2.08. The van der Waals surface area contributed by atoms with E-state index in [0.29, 0.717) is 0 Å². The highest BCUT2D eigenvalue weighted by molar-refractivity contribution is 5.52. The Morgan fingerprint density at radius 2 is 1.58 bits per heavy atom. The monoisotopic (exact) mass is 251 g/mol. The van der Waals surface area contributed by atoms with E-state index >= 15 is 0 Å². The van der Waals surface area contributed by atoms with Crippen LogP contribution < -0.4 is 10.1 Å². The van der Waals surface area contributed by atoms with Crippen molar-refractivity contribution in [3.8, 4) is 11.5 Å². The molecule has 1 atom stereocenters. The molecule has 0 saturated heterocycles. The van der Waals surface area contributed by atoms with Gasteiger partial charge in [0.1, 0.15) is 11.5 Å². The third-order valence-corrected chi connectivity index (χ3v) is 3.46. The van der Waals surface area contributed by atoms with Crippen molar-refractivity contribution in [2.75, 3.05) is 0 Å². The number of benzene rings is 2. The summed E-state index contributed by atoms with van der Waals surface area (Å²) in [6.45, 7) is 5.95. The number of fused-ring (bicyclic) bond motifs is 2. The first-order valence-electron chi connectivity index (χ1n) is 6.54. The van der Waals surface area contributed by atoms with Crippen LogP contribution in [0.2, 0.25) is 0 Å². The SMILES string of the molecule is C=CC(C)NC1c2ccccc2Oc2ccccc21. The normalized spacial score (nSPS) is 15.0. The first kappa shape index (κ1) is 12.0. The highest BCUT2D eigenvalue weighted by Crippen LogP contribution is 2.42. The van der Waals surface area contributed by atoms with Crippen molar-refractivity contribution in [3.63, 3.8) is 0 Å². The average Bonchev–Trinajstić information content (AvgIpc) is 2.46. The van der Waals surface area contributed by atoms with Crippen molar-refractivity contribution in [2.24, 2.45) is 0 Å². The van der Waals surface area contributed by atoms with Crippen molar-refractivity contribution in [1.29, 1.82) is 0 Å². The Morgan fingerprint density at radius 3 is 2.11 bits per heavy atom. The molecule has 0 spiro atoms. The summed E-state index contributed by atoms with van der Waals surface area (Å²) in [5.41, 5.74) is 2.35. The Hall–Kier alpha value is -2.06. The number of hydrogen-bond donors (Lipinski definition) is 1. The van der Waals surface area contributed by atoms with Gasteiger partial charge in [-0.25, -0.2) is 0 Å². The summed E-state index contributed by atoms with van der Waals surface area (Å²) in [4.78, 5) is 0. The largest absolute Gasteiger partial charge is 0.457 e. The van der Waals surface area contributed by atoms with Gasteiger partial charge in [0.25, 0.3) is 0 Å². The Bertz CT molecular complexity index is 560. The lowest BCUT2D eigenvalue weighted by molar-refractivity contribution is 0.422. The van der Waals surface area contributed by atoms with Gasteiger partial charge in [-0.05, 0) is 19.1 Å². The van der Waals surface area contributed by atoms with Gasteiger partial charge in [-0.1, -0.05) is 42.5 Å². The lowest BCUT2D eigenvalue weighted by Crippen LogP contribution is -2.31. The molecular weight excluding hydrogens is 234 g/mol. The van der Waals surface area contributed by atoms with Crippen molar-refractivity contribution in [3.05, 3.63) is 72.3 Å². The molecule has 1 N–H and O–H groups in total. The maximum absolute atomic E-state index is 5.96. The predicted octanol–water partition coefficient (Wildman–Crippen LogP) is 4.05. The van der Waals surface area contributed by atoms with Crippen LogP contribution in [-0.4, -0.2) is 6.04 Å². The minimum absolute atomic E-state index is 0.147. The van der Waals surface area contributed by atoms with Crippen molar-refractivity contribution in [1.82, 2.24) is 5.32 Å². The third-order valence-electron chi connectivity index (χ3n) is 3.46. The van der Waals surface area contributed by atoms with Crippen LogP contribution in [0.3, 0.4) is 0 Å². The molecule has 2 aromatic rings. The van der Waals surface area contributed by atoms with E-state index in [-0.39, 0.29) is 12.1 Å². The Morgan fingerprint density at radius 1 is 1.05 bits per heavy atom. The van der Waals surface area contributed by atoms with E-state index in [1.165, 1.54) is 11.1 Å². The van der Waals surface area contributed by atoms with Gasteiger partial charge in [0.15, 0.2) is 0 Å². The minimum atomic E-state index is 0.147. The van der Waals surface area contributed by atoms with Gasteiger partial charge >= 0.3 is 0 Å². The second-order valence-corrected chi connectivity index (χ2v) is 4.80. The summed E-state index contributed by atoms with van der Waals surface area (Å²) in [6.07, 6.45) is 1.92. The maximum atomic E-state index is 5.96. The first-order chi connectivity index (χ1) is 9.29. The van der Waals surface area contributed by atoms with E-state index in [2.05, 4.69) is 31.0 Å². The topological polar surface area (TPSA) is 21.3 Å². The summed E-state index contributed by atoms with van der Waals surface area (Å²) < 4.78 is 5.96. The molecule has 1 aliphatic rings. The van der Waals surface area contributed by atoms with Gasteiger partial charge < -0.3 is 4.74 Å². The van der Waals surface area contributed by atoms with Gasteiger partial charge in [-0.15, -0.1) is 6.58 Å². The molecule has 0 bridgehead atoms. The molecule has 96 valence electrons. The zero-order chi connectivity index (χ0) is 13.2. The highest BCUT2D eigenvalue weighted by Gasteiger charge is 2.26. The molecule has 2 aromatic carbocycles. The zero-order valence-electron chi connectivity index (χ0n) is 11.0. The van der Waals surface area contributed by atoms with Crippen molar-refractivity contribution < 1.29 is 4.74 Å². The number of para-hydroxylation sites is 2. The predicted molar refractivity (Wildman–Crippen MR) is 77.6 cm³/mol. The average molecular weight is 251 g/mol. The van der Waals surface area contributed by atoms with E-state index < -0.39 is 0 Å². The molecule has 3 rings (SSSR count). The number of nitrogens with one attached hydrogen (secondary N) is 1. The lowest BCUT2D eigenvalue weighted by atomic mass is 9.94. The molecule has 1 aliphatic heterocycles. The van der Waals surface area contributed by atoms with Crippen LogP contribution in [0.4, 0.5) is 0 Å². The Labute approximate surface area is 113 Å². The lowest BCUT2D eigenvalue weighted by Gasteiger charge is -2.30. The van der Waals surface area contributed by atoms with Gasteiger partial charge in [0, 0.05) is 17.2 Å². The molecule has 1 unspecified atom stereocenters. The summed E-state index contributed by atoms with van der Waals surface area (Å²) in [6, 6.07) is 16.7. The van der Waals surface area contributed by atoms with Crippen LogP contribution in [0.15, 0.2) is 61.2 Å². The fraction of sp³-hybridized carbons (Fsp3) is 0.176. The zero-order valence-corrected chi connectivity index (χ0v) is 11.0. The van der Waals surface area contributed by atoms with Crippen LogP contribution in [-0.2, 0) is 0 Å². The Kier molecular flexibility index (Phi) is 3.10. The molecule has 0 fully saturated rings. The molecule has 0 aromatic heterocycles. The van der Waals surface area contributed by atoms with Crippen LogP contribution in [0.5, 0.6) is 11.5 Å². The van der Waals surface area contributed by atoms with Gasteiger partial charge in [-0.3, -0.25) is 5.32 Å². The van der Waals surface area contributed by atoms with Crippen LogP contribution in [0.1, 0.15) is 24.1 Å². The third kappa shape index (κ3) is 2.15. The molecule has 2 heteroatoms. The van der Waals surface area contributed by atoms with Gasteiger partial charge in [-0.2, -0.15) is 0 Å². The quantitative estimate of drug-likeness (QED) is 0.831. The van der Waals surface area contributed by atoms with Gasteiger partial charge in [0.05, 0.1) is 6.04 Å². The van der Waals surface area contributed by atoms with E-state index in [0.717, 1.165) is 11.5 Å². The number of hydrogen-bond acceptors (Lipinski definition) is 2. The maximum Gasteiger partial charge on any atom is 0.132 e. The van der Waals surface area contributed by atoms with Crippen LogP contribution in [0.25, 0.3) is 0 Å². The molecule has 2 nitrogen and oxygen atoms in total. The molecular formula is C17H17NO. The molecule has 0 saturated carbocycles. The molecule has 19 heavy (non-hydrogen) atoms. The summed E-state index contributed by atoms with van der Waals surface area (Å²) in [5, 5.41) is 3.58. The van der Waals surface area contributed by atoms with E-state index in [9.17, 15) is 0 Å². The summed E-state index contributed by atoms with van der Waals surface area (Å²) in [5.74, 6) is 1.85. The van der Waals surface area contributed by atoms with Crippen LogP contribution in [0, 0.1) is 0 Å². The van der Waals surface area contributed by atoms with E-state index in [4.69, 9.17) is 4.74 Å². The molecule has 1 heterocycles. The molecule has 0 aliphatic carbocycles. The van der Waals surface area contributed by atoms with Crippen molar-refractivity contribution >= 4 is 0 Å². The second kappa shape index (κ2) is 4.90. The summed E-state index contributed by atoms with van der Waals surface area (Å²) in [7, 11) is 0.